The standard InChI is InChI=1S/C17H18O/c1-3-13-7-5-8-14(11-13)15-9-6-10-16(12-15)17(18)4-2/h5-12H,3-4H2,1-2H3. The number of Topliss-reactive ketones (excluding diaryl/α,β-unsaturated/α-hetero) is 1. The first kappa shape index (κ1) is 12.6. The van der Waals surface area contributed by atoms with Gasteiger partial charge in [-0.2, -0.15) is 0 Å². The first-order chi connectivity index (χ1) is 8.74. The van der Waals surface area contributed by atoms with Crippen molar-refractivity contribution in [3.05, 3.63) is 59.7 Å². The average molecular weight is 238 g/mol. The minimum atomic E-state index is 0.198. The number of rotatable bonds is 4. The Bertz CT molecular complexity index is 555. The Morgan fingerprint density at radius 1 is 0.944 bits per heavy atom. The smallest absolute Gasteiger partial charge is 0.162 e. The largest absolute Gasteiger partial charge is 0.294 e. The number of benzene rings is 2. The van der Waals surface area contributed by atoms with Crippen LogP contribution in [0.15, 0.2) is 48.5 Å². The van der Waals surface area contributed by atoms with Crippen molar-refractivity contribution in [2.75, 3.05) is 0 Å². The number of carbonyl (C=O) groups excluding carboxylic acids is 1. The molecule has 0 saturated carbocycles. The maximum absolute atomic E-state index is 11.7. The highest BCUT2D eigenvalue weighted by molar-refractivity contribution is 5.97. The minimum Gasteiger partial charge on any atom is -0.294 e. The molecule has 0 N–H and O–H groups in total. The summed E-state index contributed by atoms with van der Waals surface area (Å²) in [5.41, 5.74) is 4.42. The van der Waals surface area contributed by atoms with Crippen molar-refractivity contribution >= 4 is 5.78 Å². The molecule has 0 saturated heterocycles. The first-order valence-corrected chi connectivity index (χ1v) is 6.47. The van der Waals surface area contributed by atoms with Gasteiger partial charge in [0.2, 0.25) is 0 Å². The second-order valence-corrected chi connectivity index (χ2v) is 4.41. The lowest BCUT2D eigenvalue weighted by Gasteiger charge is -2.06. The van der Waals surface area contributed by atoms with Crippen molar-refractivity contribution in [3.8, 4) is 11.1 Å². The summed E-state index contributed by atoms with van der Waals surface area (Å²) in [6.45, 7) is 4.04. The third kappa shape index (κ3) is 2.67. The molecule has 0 unspecified atom stereocenters. The molecule has 1 heteroatoms. The lowest BCUT2D eigenvalue weighted by atomic mass is 9.98. The van der Waals surface area contributed by atoms with E-state index in [2.05, 4.69) is 37.3 Å². The summed E-state index contributed by atoms with van der Waals surface area (Å²) < 4.78 is 0. The molecule has 0 aromatic heterocycles. The highest BCUT2D eigenvalue weighted by Crippen LogP contribution is 2.22. The van der Waals surface area contributed by atoms with Crippen LogP contribution >= 0.6 is 0 Å². The van der Waals surface area contributed by atoms with E-state index in [0.717, 1.165) is 17.5 Å². The molecule has 0 fully saturated rings. The van der Waals surface area contributed by atoms with Crippen LogP contribution in [-0.2, 0) is 6.42 Å². The summed E-state index contributed by atoms with van der Waals surface area (Å²) in [7, 11) is 0. The van der Waals surface area contributed by atoms with Gasteiger partial charge < -0.3 is 0 Å². The van der Waals surface area contributed by atoms with Crippen molar-refractivity contribution in [1.29, 1.82) is 0 Å². The van der Waals surface area contributed by atoms with E-state index in [0.29, 0.717) is 6.42 Å². The topological polar surface area (TPSA) is 17.1 Å². The van der Waals surface area contributed by atoms with E-state index < -0.39 is 0 Å². The van der Waals surface area contributed by atoms with Crippen LogP contribution in [0.5, 0.6) is 0 Å². The van der Waals surface area contributed by atoms with Gasteiger partial charge in [0.15, 0.2) is 5.78 Å². The molecule has 2 aromatic carbocycles. The Kier molecular flexibility index (Phi) is 3.93. The molecule has 0 bridgehead atoms. The zero-order valence-corrected chi connectivity index (χ0v) is 10.9. The molecule has 0 radical (unpaired) electrons. The molecule has 0 aliphatic carbocycles. The lowest BCUT2D eigenvalue weighted by Crippen LogP contribution is -1.96. The maximum atomic E-state index is 11.7. The SMILES string of the molecule is CCC(=O)c1cccc(-c2cccc(CC)c2)c1. The molecular formula is C17H18O. The monoisotopic (exact) mass is 238 g/mol. The fourth-order valence-corrected chi connectivity index (χ4v) is 2.05. The summed E-state index contributed by atoms with van der Waals surface area (Å²) in [5, 5.41) is 0. The van der Waals surface area contributed by atoms with Crippen LogP contribution in [0.4, 0.5) is 0 Å². The van der Waals surface area contributed by atoms with Crippen LogP contribution in [0.1, 0.15) is 36.2 Å². The summed E-state index contributed by atoms with van der Waals surface area (Å²) in [4.78, 5) is 11.7. The third-order valence-electron chi connectivity index (χ3n) is 3.17. The Hall–Kier alpha value is -1.89. The number of hydrogen-bond acceptors (Lipinski definition) is 1. The van der Waals surface area contributed by atoms with Crippen LogP contribution in [0.25, 0.3) is 11.1 Å². The van der Waals surface area contributed by atoms with Crippen LogP contribution in [0, 0.1) is 0 Å². The van der Waals surface area contributed by atoms with E-state index in [1.807, 2.05) is 25.1 Å². The van der Waals surface area contributed by atoms with Crippen molar-refractivity contribution in [1.82, 2.24) is 0 Å². The number of ketones is 1. The zero-order chi connectivity index (χ0) is 13.0. The Morgan fingerprint density at radius 2 is 1.61 bits per heavy atom. The summed E-state index contributed by atoms with van der Waals surface area (Å²) in [6.07, 6.45) is 1.58. The molecule has 2 rings (SSSR count). The Labute approximate surface area is 108 Å². The van der Waals surface area contributed by atoms with Crippen LogP contribution in [0.3, 0.4) is 0 Å². The predicted octanol–water partition coefficient (Wildman–Crippen LogP) is 4.51. The lowest BCUT2D eigenvalue weighted by molar-refractivity contribution is 0.0988. The van der Waals surface area contributed by atoms with Crippen molar-refractivity contribution < 1.29 is 4.79 Å². The van der Waals surface area contributed by atoms with Gasteiger partial charge >= 0.3 is 0 Å². The summed E-state index contributed by atoms with van der Waals surface area (Å²) >= 11 is 0. The molecule has 92 valence electrons. The number of carbonyl (C=O) groups is 1. The quantitative estimate of drug-likeness (QED) is 0.716. The van der Waals surface area contributed by atoms with Crippen molar-refractivity contribution in [3.63, 3.8) is 0 Å². The molecule has 2 aromatic rings. The first-order valence-electron chi connectivity index (χ1n) is 6.47. The van der Waals surface area contributed by atoms with Crippen LogP contribution in [0.2, 0.25) is 0 Å². The van der Waals surface area contributed by atoms with Gasteiger partial charge in [0.25, 0.3) is 0 Å². The van der Waals surface area contributed by atoms with Crippen molar-refractivity contribution in [2.24, 2.45) is 0 Å². The molecule has 0 aliphatic heterocycles. The zero-order valence-electron chi connectivity index (χ0n) is 10.9. The van der Waals surface area contributed by atoms with Gasteiger partial charge in [-0.1, -0.05) is 56.3 Å². The molecule has 0 amide bonds. The van der Waals surface area contributed by atoms with Crippen molar-refractivity contribution in [2.45, 2.75) is 26.7 Å². The maximum Gasteiger partial charge on any atom is 0.162 e. The Balaban J connectivity index is 2.41. The van der Waals surface area contributed by atoms with Gasteiger partial charge in [0.05, 0.1) is 0 Å². The van der Waals surface area contributed by atoms with Crippen LogP contribution in [-0.4, -0.2) is 5.78 Å². The van der Waals surface area contributed by atoms with Gasteiger partial charge in [-0.3, -0.25) is 4.79 Å². The van der Waals surface area contributed by atoms with Gasteiger partial charge in [0, 0.05) is 12.0 Å². The third-order valence-corrected chi connectivity index (χ3v) is 3.17. The van der Waals surface area contributed by atoms with E-state index in [9.17, 15) is 4.79 Å². The molecule has 0 heterocycles. The van der Waals surface area contributed by atoms with E-state index in [1.165, 1.54) is 11.1 Å². The van der Waals surface area contributed by atoms with E-state index in [4.69, 9.17) is 0 Å². The molecule has 0 atom stereocenters. The number of hydrogen-bond donors (Lipinski definition) is 0. The summed E-state index contributed by atoms with van der Waals surface area (Å²) in [6, 6.07) is 16.4. The number of aryl methyl sites for hydroxylation is 1. The fourth-order valence-electron chi connectivity index (χ4n) is 2.05. The van der Waals surface area contributed by atoms with Gasteiger partial charge in [-0.05, 0) is 29.2 Å². The average Bonchev–Trinajstić information content (AvgIpc) is 2.46. The Morgan fingerprint density at radius 3 is 2.28 bits per heavy atom. The second-order valence-electron chi connectivity index (χ2n) is 4.41. The molecule has 0 spiro atoms. The molecular weight excluding hydrogens is 220 g/mol. The van der Waals surface area contributed by atoms with Gasteiger partial charge in [-0.15, -0.1) is 0 Å². The summed E-state index contributed by atoms with van der Waals surface area (Å²) in [5.74, 6) is 0.198. The molecule has 18 heavy (non-hydrogen) atoms. The molecule has 0 aliphatic rings. The fraction of sp³-hybridized carbons (Fsp3) is 0.235. The molecule has 1 nitrogen and oxygen atoms in total. The van der Waals surface area contributed by atoms with E-state index in [1.54, 1.807) is 0 Å². The van der Waals surface area contributed by atoms with E-state index >= 15 is 0 Å². The van der Waals surface area contributed by atoms with Crippen LogP contribution < -0.4 is 0 Å². The highest BCUT2D eigenvalue weighted by atomic mass is 16.1. The highest BCUT2D eigenvalue weighted by Gasteiger charge is 2.05. The normalized spacial score (nSPS) is 10.3. The predicted molar refractivity (Wildman–Crippen MR) is 75.9 cm³/mol. The van der Waals surface area contributed by atoms with Gasteiger partial charge in [-0.25, -0.2) is 0 Å². The minimum absolute atomic E-state index is 0.198. The second kappa shape index (κ2) is 5.63. The van der Waals surface area contributed by atoms with Gasteiger partial charge in [0.1, 0.15) is 0 Å². The van der Waals surface area contributed by atoms with E-state index in [-0.39, 0.29) is 5.78 Å².